The van der Waals surface area contributed by atoms with E-state index in [1.54, 1.807) is 0 Å². The van der Waals surface area contributed by atoms with Crippen molar-refractivity contribution in [3.63, 3.8) is 0 Å². The van der Waals surface area contributed by atoms with Gasteiger partial charge in [-0.3, -0.25) is 5.43 Å². The van der Waals surface area contributed by atoms with Gasteiger partial charge in [-0.15, -0.1) is 0 Å². The van der Waals surface area contributed by atoms with E-state index in [0.717, 1.165) is 0 Å². The Labute approximate surface area is 187 Å². The molecule has 0 saturated heterocycles. The largest absolute Gasteiger partial charge is 0.416 e. The van der Waals surface area contributed by atoms with E-state index in [0.29, 0.717) is 30.5 Å². The van der Waals surface area contributed by atoms with Crippen LogP contribution >= 0.6 is 12.2 Å². The van der Waals surface area contributed by atoms with Gasteiger partial charge >= 0.3 is 24.7 Å². The number of nitrogens with zero attached hydrogens (tertiary/aromatic N) is 1. The minimum atomic E-state index is -5.13. The highest BCUT2D eigenvalue weighted by Crippen LogP contribution is 2.38. The van der Waals surface area contributed by atoms with Crippen LogP contribution in [-0.4, -0.2) is 11.3 Å². The second-order valence-corrected chi connectivity index (χ2v) is 6.87. The van der Waals surface area contributed by atoms with Gasteiger partial charge in [0.1, 0.15) is 0 Å². The molecule has 0 unspecified atom stereocenters. The number of benzene rings is 2. The summed E-state index contributed by atoms with van der Waals surface area (Å²) in [6.45, 7) is 0. The van der Waals surface area contributed by atoms with E-state index < -0.39 is 63.3 Å². The Hall–Kier alpha value is -3.04. The molecule has 0 atom stereocenters. The Bertz CT molecular complexity index is 1020. The molecule has 0 aromatic heterocycles. The molecule has 16 heteroatoms. The first-order valence-corrected chi connectivity index (χ1v) is 8.86. The maximum absolute atomic E-state index is 12.9. The lowest BCUT2D eigenvalue weighted by Crippen LogP contribution is -2.24. The van der Waals surface area contributed by atoms with Crippen molar-refractivity contribution in [1.29, 1.82) is 0 Å². The number of thiocarbonyl (C=S) groups is 1. The minimum Gasteiger partial charge on any atom is -0.331 e. The van der Waals surface area contributed by atoms with E-state index in [-0.39, 0.29) is 12.1 Å². The van der Waals surface area contributed by atoms with Gasteiger partial charge in [0.2, 0.25) is 0 Å². The normalized spacial score (nSPS) is 13.3. The molecule has 2 N–H and O–H groups in total. The van der Waals surface area contributed by atoms with Crippen molar-refractivity contribution in [3.05, 3.63) is 64.2 Å². The fourth-order valence-corrected chi connectivity index (χ4v) is 2.58. The Kier molecular flexibility index (Phi) is 7.45. The third-order valence-corrected chi connectivity index (χ3v) is 4.03. The average Bonchev–Trinajstić information content (AvgIpc) is 2.64. The number of anilines is 1. The van der Waals surface area contributed by atoms with Gasteiger partial charge in [-0.2, -0.15) is 57.8 Å². The predicted molar refractivity (Wildman–Crippen MR) is 99.8 cm³/mol. The van der Waals surface area contributed by atoms with Crippen molar-refractivity contribution in [2.24, 2.45) is 5.10 Å². The lowest BCUT2D eigenvalue weighted by Gasteiger charge is -2.15. The standard InChI is InChI=1S/C18H9F12N3S/c19-15(20,21)9-1-8(2-10(3-9)16(22,23)24)7-31-33-14(34)32-13-5-11(17(25,26)27)4-12(6-13)18(28,29)30/h1-7H,(H2,32,33,34)/b31-7+. The van der Waals surface area contributed by atoms with E-state index in [9.17, 15) is 52.7 Å². The monoisotopic (exact) mass is 527 g/mol. The quantitative estimate of drug-likeness (QED) is 0.194. The van der Waals surface area contributed by atoms with Gasteiger partial charge in [0.25, 0.3) is 0 Å². The van der Waals surface area contributed by atoms with Crippen molar-refractivity contribution in [1.82, 2.24) is 5.43 Å². The molecule has 0 spiro atoms. The topological polar surface area (TPSA) is 36.4 Å². The summed E-state index contributed by atoms with van der Waals surface area (Å²) in [6, 6.07) is 1.01. The molecule has 0 amide bonds. The molecule has 0 aliphatic carbocycles. The van der Waals surface area contributed by atoms with Crippen molar-refractivity contribution < 1.29 is 52.7 Å². The fourth-order valence-electron chi connectivity index (χ4n) is 2.41. The Morgan fingerprint density at radius 3 is 1.32 bits per heavy atom. The van der Waals surface area contributed by atoms with E-state index in [2.05, 4.69) is 17.3 Å². The summed E-state index contributed by atoms with van der Waals surface area (Å²) in [5.41, 5.74) is -6.12. The van der Waals surface area contributed by atoms with Crippen LogP contribution in [0.2, 0.25) is 0 Å². The zero-order valence-electron chi connectivity index (χ0n) is 15.9. The van der Waals surface area contributed by atoms with Crippen LogP contribution in [0.5, 0.6) is 0 Å². The number of rotatable bonds is 3. The van der Waals surface area contributed by atoms with E-state index >= 15 is 0 Å². The second-order valence-electron chi connectivity index (χ2n) is 6.46. The Balaban J connectivity index is 2.25. The van der Waals surface area contributed by atoms with Gasteiger partial charge in [-0.05, 0) is 54.2 Å². The maximum atomic E-state index is 12.9. The first kappa shape index (κ1) is 27.2. The molecule has 0 fully saturated rings. The molecule has 34 heavy (non-hydrogen) atoms. The van der Waals surface area contributed by atoms with Crippen LogP contribution in [0.25, 0.3) is 0 Å². The second kappa shape index (κ2) is 9.31. The zero-order chi connectivity index (χ0) is 26.1. The lowest BCUT2D eigenvalue weighted by atomic mass is 10.1. The molecule has 2 rings (SSSR count). The SMILES string of the molecule is FC(F)(F)c1cc(/C=N/NC(=S)Nc2cc(C(F)(F)F)cc(C(F)(F)F)c2)cc(C(F)(F)F)c1. The first-order chi connectivity index (χ1) is 15.3. The van der Waals surface area contributed by atoms with Gasteiger partial charge in [0.05, 0.1) is 28.5 Å². The maximum Gasteiger partial charge on any atom is 0.416 e. The fraction of sp³-hybridized carbons (Fsp3) is 0.222. The van der Waals surface area contributed by atoms with Crippen LogP contribution in [0.4, 0.5) is 58.4 Å². The molecule has 0 aliphatic heterocycles. The van der Waals surface area contributed by atoms with E-state index in [4.69, 9.17) is 0 Å². The molecular weight excluding hydrogens is 518 g/mol. The van der Waals surface area contributed by atoms with Crippen LogP contribution < -0.4 is 10.7 Å². The minimum absolute atomic E-state index is 0.122. The van der Waals surface area contributed by atoms with Crippen molar-refractivity contribution in [2.45, 2.75) is 24.7 Å². The smallest absolute Gasteiger partial charge is 0.331 e. The molecule has 2 aromatic rings. The number of hydrazone groups is 1. The van der Waals surface area contributed by atoms with Crippen molar-refractivity contribution >= 4 is 29.2 Å². The summed E-state index contributed by atoms with van der Waals surface area (Å²) in [4.78, 5) is 0. The molecule has 3 nitrogen and oxygen atoms in total. The number of hydrogen-bond acceptors (Lipinski definition) is 2. The van der Waals surface area contributed by atoms with E-state index in [1.165, 1.54) is 0 Å². The van der Waals surface area contributed by atoms with Gasteiger partial charge in [-0.25, -0.2) is 0 Å². The molecule has 186 valence electrons. The van der Waals surface area contributed by atoms with Crippen LogP contribution in [0, 0.1) is 0 Å². The van der Waals surface area contributed by atoms with E-state index in [1.807, 2.05) is 10.7 Å². The summed E-state index contributed by atoms with van der Waals surface area (Å²) < 4.78 is 154. The number of hydrogen-bond donors (Lipinski definition) is 2. The summed E-state index contributed by atoms with van der Waals surface area (Å²) in [7, 11) is 0. The zero-order valence-corrected chi connectivity index (χ0v) is 16.7. The van der Waals surface area contributed by atoms with Gasteiger partial charge in [0.15, 0.2) is 5.11 Å². The van der Waals surface area contributed by atoms with Gasteiger partial charge in [0, 0.05) is 5.69 Å². The van der Waals surface area contributed by atoms with Crippen LogP contribution in [0.15, 0.2) is 41.5 Å². The average molecular weight is 527 g/mol. The summed E-state index contributed by atoms with van der Waals surface area (Å²) in [6.07, 6.45) is -20.0. The highest BCUT2D eigenvalue weighted by molar-refractivity contribution is 7.80. The number of alkyl halides is 12. The molecule has 0 radical (unpaired) electrons. The Morgan fingerprint density at radius 1 is 0.618 bits per heavy atom. The van der Waals surface area contributed by atoms with Gasteiger partial charge < -0.3 is 5.32 Å². The first-order valence-electron chi connectivity index (χ1n) is 8.46. The van der Waals surface area contributed by atoms with Crippen LogP contribution in [0.3, 0.4) is 0 Å². The third-order valence-electron chi connectivity index (χ3n) is 3.84. The van der Waals surface area contributed by atoms with Crippen LogP contribution in [0.1, 0.15) is 27.8 Å². The number of nitrogens with one attached hydrogen (secondary N) is 2. The summed E-state index contributed by atoms with van der Waals surface area (Å²) >= 11 is 4.64. The molecular formula is C18H9F12N3S. The van der Waals surface area contributed by atoms with Crippen LogP contribution in [-0.2, 0) is 24.7 Å². The summed E-state index contributed by atoms with van der Waals surface area (Å²) in [5, 5.41) is 4.54. The van der Waals surface area contributed by atoms with Gasteiger partial charge in [-0.1, -0.05) is 0 Å². The summed E-state index contributed by atoms with van der Waals surface area (Å²) in [5.74, 6) is 0. The molecule has 0 heterocycles. The Morgan fingerprint density at radius 2 is 0.971 bits per heavy atom. The lowest BCUT2D eigenvalue weighted by molar-refractivity contribution is -0.144. The third kappa shape index (κ3) is 7.50. The molecule has 0 saturated carbocycles. The highest BCUT2D eigenvalue weighted by Gasteiger charge is 2.38. The predicted octanol–water partition coefficient (Wildman–Crippen LogP) is 7.08. The number of halogens is 12. The highest BCUT2D eigenvalue weighted by atomic mass is 32.1. The van der Waals surface area contributed by atoms with Crippen molar-refractivity contribution in [3.8, 4) is 0 Å². The molecule has 2 aromatic carbocycles. The van der Waals surface area contributed by atoms with Crippen molar-refractivity contribution in [2.75, 3.05) is 5.32 Å². The molecule has 0 aliphatic rings. The molecule has 0 bridgehead atoms.